The van der Waals surface area contributed by atoms with Crippen molar-refractivity contribution in [1.29, 1.82) is 0 Å². The normalized spacial score (nSPS) is 18.4. The zero-order valence-electron chi connectivity index (χ0n) is 10.2. The van der Waals surface area contributed by atoms with E-state index in [0.717, 1.165) is 28.5 Å². The molecule has 0 saturated heterocycles. The van der Waals surface area contributed by atoms with Gasteiger partial charge in [0, 0.05) is 18.9 Å². The minimum Gasteiger partial charge on any atom is -0.304 e. The average molecular weight is 268 g/mol. The second-order valence-corrected chi connectivity index (χ2v) is 5.65. The molecule has 1 atom stereocenters. The van der Waals surface area contributed by atoms with E-state index in [2.05, 4.69) is 44.5 Å². The predicted octanol–water partition coefficient (Wildman–Crippen LogP) is 2.47. The lowest BCUT2D eigenvalue weighted by Crippen LogP contribution is -2.28. The molecule has 1 aliphatic rings. The van der Waals surface area contributed by atoms with Crippen LogP contribution in [0, 0.1) is 0 Å². The molecule has 0 fully saturated rings. The second kappa shape index (κ2) is 4.36. The summed E-state index contributed by atoms with van der Waals surface area (Å²) in [5.74, 6) is 0. The molecular formula is C14H12N4S. The summed E-state index contributed by atoms with van der Waals surface area (Å²) in [5.41, 5.74) is 3.55. The van der Waals surface area contributed by atoms with E-state index < -0.39 is 0 Å². The van der Waals surface area contributed by atoms with E-state index in [1.807, 2.05) is 0 Å². The summed E-state index contributed by atoms with van der Waals surface area (Å²) in [7, 11) is 0. The summed E-state index contributed by atoms with van der Waals surface area (Å²) < 4.78 is 0. The smallest absolute Gasteiger partial charge is 0.189 e. The van der Waals surface area contributed by atoms with E-state index >= 15 is 0 Å². The minimum absolute atomic E-state index is 0.274. The molecule has 5 heteroatoms. The predicted molar refractivity (Wildman–Crippen MR) is 74.9 cm³/mol. The Labute approximate surface area is 114 Å². The first-order chi connectivity index (χ1) is 9.40. The molecule has 1 unspecified atom stereocenters. The fourth-order valence-electron chi connectivity index (χ4n) is 2.47. The van der Waals surface area contributed by atoms with Crippen LogP contribution in [0.25, 0.3) is 10.5 Å². The Kier molecular flexibility index (Phi) is 2.53. The van der Waals surface area contributed by atoms with Crippen molar-refractivity contribution in [1.82, 2.24) is 20.3 Å². The number of nitrogens with zero attached hydrogens (tertiary/aromatic N) is 3. The fraction of sp³-hybridized carbons (Fsp3) is 0.214. The Balaban J connectivity index is 1.70. The van der Waals surface area contributed by atoms with Crippen LogP contribution in [0.4, 0.5) is 0 Å². The van der Waals surface area contributed by atoms with E-state index in [9.17, 15) is 0 Å². The topological polar surface area (TPSA) is 50.7 Å². The Morgan fingerprint density at radius 1 is 1.11 bits per heavy atom. The lowest BCUT2D eigenvalue weighted by Gasteiger charge is -2.24. The summed E-state index contributed by atoms with van der Waals surface area (Å²) in [6, 6.07) is 8.85. The van der Waals surface area contributed by atoms with Gasteiger partial charge in [-0.2, -0.15) is 0 Å². The Bertz CT molecular complexity index is 704. The summed E-state index contributed by atoms with van der Waals surface area (Å²) in [6.07, 6.45) is 4.39. The summed E-state index contributed by atoms with van der Waals surface area (Å²) >= 11 is 1.63. The number of rotatable bonds is 1. The van der Waals surface area contributed by atoms with Gasteiger partial charge in [-0.1, -0.05) is 35.6 Å². The van der Waals surface area contributed by atoms with Crippen LogP contribution in [-0.2, 0) is 13.0 Å². The van der Waals surface area contributed by atoms with Crippen molar-refractivity contribution in [2.45, 2.75) is 19.0 Å². The quantitative estimate of drug-likeness (QED) is 0.736. The average Bonchev–Trinajstić information content (AvgIpc) is 2.90. The largest absolute Gasteiger partial charge is 0.304 e. The lowest BCUT2D eigenvalue weighted by molar-refractivity contribution is 0.497. The van der Waals surface area contributed by atoms with Crippen molar-refractivity contribution in [2.24, 2.45) is 0 Å². The van der Waals surface area contributed by atoms with Crippen molar-refractivity contribution >= 4 is 21.8 Å². The van der Waals surface area contributed by atoms with Crippen LogP contribution >= 0.6 is 11.3 Å². The van der Waals surface area contributed by atoms with Gasteiger partial charge in [0.1, 0.15) is 5.01 Å². The van der Waals surface area contributed by atoms with Crippen LogP contribution in [0.15, 0.2) is 36.7 Å². The van der Waals surface area contributed by atoms with Gasteiger partial charge in [0.2, 0.25) is 0 Å². The van der Waals surface area contributed by atoms with E-state index in [0.29, 0.717) is 0 Å². The van der Waals surface area contributed by atoms with Gasteiger partial charge < -0.3 is 5.32 Å². The zero-order valence-corrected chi connectivity index (χ0v) is 11.0. The number of hydrogen-bond donors (Lipinski definition) is 1. The summed E-state index contributed by atoms with van der Waals surface area (Å²) in [6.45, 7) is 0.900. The number of fused-ring (bicyclic) bond motifs is 2. The van der Waals surface area contributed by atoms with Gasteiger partial charge in [0.25, 0.3) is 0 Å². The minimum atomic E-state index is 0.274. The van der Waals surface area contributed by atoms with Crippen LogP contribution in [0.5, 0.6) is 0 Å². The van der Waals surface area contributed by atoms with Crippen LogP contribution < -0.4 is 5.32 Å². The van der Waals surface area contributed by atoms with Crippen molar-refractivity contribution < 1.29 is 0 Å². The van der Waals surface area contributed by atoms with Gasteiger partial charge in [-0.05, 0) is 17.5 Å². The molecule has 19 heavy (non-hydrogen) atoms. The second-order valence-electron chi connectivity index (χ2n) is 4.64. The summed E-state index contributed by atoms with van der Waals surface area (Å²) in [5, 5.41) is 4.62. The molecule has 0 bridgehead atoms. The highest BCUT2D eigenvalue weighted by Gasteiger charge is 2.22. The fourth-order valence-corrected chi connectivity index (χ4v) is 3.41. The number of hydrogen-bond acceptors (Lipinski definition) is 5. The Hall–Kier alpha value is -1.85. The highest BCUT2D eigenvalue weighted by molar-refractivity contribution is 7.18. The molecule has 0 aliphatic carbocycles. The molecule has 3 heterocycles. The van der Waals surface area contributed by atoms with E-state index in [-0.39, 0.29) is 6.04 Å². The van der Waals surface area contributed by atoms with Gasteiger partial charge in [0.15, 0.2) is 10.5 Å². The first kappa shape index (κ1) is 11.0. The Morgan fingerprint density at radius 3 is 2.84 bits per heavy atom. The zero-order chi connectivity index (χ0) is 12.7. The maximum atomic E-state index is 4.59. The monoisotopic (exact) mass is 268 g/mol. The molecule has 0 spiro atoms. The molecule has 94 valence electrons. The molecule has 1 aromatic carbocycles. The molecule has 1 N–H and O–H groups in total. The maximum Gasteiger partial charge on any atom is 0.189 e. The van der Waals surface area contributed by atoms with Crippen molar-refractivity contribution in [3.8, 4) is 0 Å². The van der Waals surface area contributed by atoms with Gasteiger partial charge in [-0.3, -0.25) is 0 Å². The van der Waals surface area contributed by atoms with Crippen LogP contribution in [0.3, 0.4) is 0 Å². The lowest BCUT2D eigenvalue weighted by atomic mass is 9.96. The van der Waals surface area contributed by atoms with Gasteiger partial charge in [-0.25, -0.2) is 15.0 Å². The first-order valence-corrected chi connectivity index (χ1v) is 7.09. The maximum absolute atomic E-state index is 4.59. The van der Waals surface area contributed by atoms with Crippen LogP contribution in [0.1, 0.15) is 22.2 Å². The van der Waals surface area contributed by atoms with Gasteiger partial charge >= 0.3 is 0 Å². The number of nitrogens with one attached hydrogen (secondary N) is 1. The molecular weight excluding hydrogens is 256 g/mol. The standard InChI is InChI=1S/C14H12N4S/c1-2-4-10-8-17-11(7-9(10)3-1)13-18-12-14(19-13)16-6-5-15-12/h1-6,11,17H,7-8H2. The molecule has 1 aliphatic heterocycles. The SMILES string of the molecule is c1ccc2c(c1)CNC(c1nc3nccnc3s1)C2. The third-order valence-corrected chi connectivity index (χ3v) is 4.51. The first-order valence-electron chi connectivity index (χ1n) is 6.28. The third-order valence-electron chi connectivity index (χ3n) is 3.44. The molecule has 0 saturated carbocycles. The van der Waals surface area contributed by atoms with Crippen molar-refractivity contribution in [3.05, 3.63) is 52.8 Å². The van der Waals surface area contributed by atoms with Crippen LogP contribution in [0.2, 0.25) is 0 Å². The summed E-state index contributed by atoms with van der Waals surface area (Å²) in [4.78, 5) is 14.1. The van der Waals surface area contributed by atoms with Crippen molar-refractivity contribution in [3.63, 3.8) is 0 Å². The molecule has 4 nitrogen and oxygen atoms in total. The Morgan fingerprint density at radius 2 is 1.95 bits per heavy atom. The van der Waals surface area contributed by atoms with Gasteiger partial charge in [0.05, 0.1) is 6.04 Å². The molecule has 3 aromatic rings. The number of aromatic nitrogens is 3. The van der Waals surface area contributed by atoms with Crippen LogP contribution in [-0.4, -0.2) is 15.0 Å². The molecule has 2 aromatic heterocycles. The number of benzene rings is 1. The highest BCUT2D eigenvalue weighted by atomic mass is 32.1. The highest BCUT2D eigenvalue weighted by Crippen LogP contribution is 2.29. The molecule has 0 radical (unpaired) electrons. The van der Waals surface area contributed by atoms with E-state index in [4.69, 9.17) is 0 Å². The third kappa shape index (κ3) is 1.91. The van der Waals surface area contributed by atoms with Gasteiger partial charge in [-0.15, -0.1) is 0 Å². The van der Waals surface area contributed by atoms with E-state index in [1.54, 1.807) is 23.7 Å². The molecule has 0 amide bonds. The van der Waals surface area contributed by atoms with Crippen molar-refractivity contribution in [2.75, 3.05) is 0 Å². The van der Waals surface area contributed by atoms with E-state index in [1.165, 1.54) is 11.1 Å². The number of thiazole rings is 1. The molecule has 4 rings (SSSR count).